The van der Waals surface area contributed by atoms with E-state index in [-0.39, 0.29) is 0 Å². The molecule has 0 saturated heterocycles. The fourth-order valence-electron chi connectivity index (χ4n) is 1.21. The van der Waals surface area contributed by atoms with E-state index < -0.39 is 41.5 Å². The fourth-order valence-corrected chi connectivity index (χ4v) is 1.21. The van der Waals surface area contributed by atoms with Crippen LogP contribution >= 0.6 is 0 Å². The van der Waals surface area contributed by atoms with Crippen molar-refractivity contribution in [1.82, 2.24) is 4.98 Å². The number of pyridine rings is 1. The Kier molecular flexibility index (Phi) is 3.73. The summed E-state index contributed by atoms with van der Waals surface area (Å²) in [5.41, 5.74) is -2.19. The number of aromatic carboxylic acids is 1. The Balaban J connectivity index is 3.34. The number of rotatable bonds is 3. The maximum Gasteiger partial charge on any atom is 0.574 e. The van der Waals surface area contributed by atoms with E-state index in [2.05, 4.69) is 9.72 Å². The highest BCUT2D eigenvalue weighted by Crippen LogP contribution is 2.30. The van der Waals surface area contributed by atoms with E-state index in [1.165, 1.54) is 0 Å². The van der Waals surface area contributed by atoms with Gasteiger partial charge in [0, 0.05) is 11.6 Å². The molecule has 0 radical (unpaired) electrons. The van der Waals surface area contributed by atoms with Crippen LogP contribution in [0.5, 0.6) is 5.88 Å². The second-order valence-electron chi connectivity index (χ2n) is 3.18. The van der Waals surface area contributed by atoms with Gasteiger partial charge in [0.05, 0.1) is 0 Å². The maximum absolute atomic E-state index is 12.5. The minimum absolute atomic E-state index is 0.361. The van der Waals surface area contributed by atoms with E-state index in [4.69, 9.17) is 5.11 Å². The summed E-state index contributed by atoms with van der Waals surface area (Å²) in [6.45, 7) is 1.02. The molecule has 0 fully saturated rings. The molecule has 18 heavy (non-hydrogen) atoms. The van der Waals surface area contributed by atoms with Crippen molar-refractivity contribution in [1.29, 1.82) is 0 Å². The van der Waals surface area contributed by atoms with Gasteiger partial charge in [-0.25, -0.2) is 18.6 Å². The van der Waals surface area contributed by atoms with E-state index in [0.717, 1.165) is 6.92 Å². The lowest BCUT2D eigenvalue weighted by Gasteiger charge is -2.12. The van der Waals surface area contributed by atoms with Gasteiger partial charge in [-0.2, -0.15) is 0 Å². The number of hydrogen-bond acceptors (Lipinski definition) is 3. The molecule has 0 aliphatic carbocycles. The van der Waals surface area contributed by atoms with Gasteiger partial charge < -0.3 is 9.84 Å². The number of ether oxygens (including phenoxy) is 1. The standard InChI is InChI=1S/C9H6F5NO3/c1-3-4(7(10)11)2-5(18-9(12,13)14)15-6(3)8(16)17/h2,7H,1H3,(H,16,17). The van der Waals surface area contributed by atoms with Crippen LogP contribution in [0.25, 0.3) is 0 Å². The summed E-state index contributed by atoms with van der Waals surface area (Å²) < 4.78 is 64.1. The molecule has 0 saturated carbocycles. The van der Waals surface area contributed by atoms with Gasteiger partial charge in [0.1, 0.15) is 0 Å². The molecular formula is C9H6F5NO3. The van der Waals surface area contributed by atoms with Crippen molar-refractivity contribution in [2.24, 2.45) is 0 Å². The van der Waals surface area contributed by atoms with E-state index in [0.29, 0.717) is 6.07 Å². The van der Waals surface area contributed by atoms with E-state index in [1.807, 2.05) is 0 Å². The third kappa shape index (κ3) is 3.28. The lowest BCUT2D eigenvalue weighted by molar-refractivity contribution is -0.276. The minimum atomic E-state index is -5.14. The van der Waals surface area contributed by atoms with Crippen molar-refractivity contribution in [3.8, 4) is 5.88 Å². The molecule has 0 aliphatic rings. The molecule has 1 heterocycles. The zero-order valence-electron chi connectivity index (χ0n) is 8.76. The second-order valence-corrected chi connectivity index (χ2v) is 3.18. The molecule has 1 aromatic rings. The topological polar surface area (TPSA) is 59.4 Å². The predicted octanol–water partition coefficient (Wildman–Crippen LogP) is 2.92. The molecule has 0 amide bonds. The molecule has 0 spiro atoms. The molecule has 1 rings (SSSR count). The third-order valence-corrected chi connectivity index (χ3v) is 1.95. The quantitative estimate of drug-likeness (QED) is 0.859. The van der Waals surface area contributed by atoms with Gasteiger partial charge in [0.2, 0.25) is 5.88 Å². The summed E-state index contributed by atoms with van der Waals surface area (Å²) in [6, 6.07) is 0.361. The molecule has 0 atom stereocenters. The van der Waals surface area contributed by atoms with E-state index in [1.54, 1.807) is 0 Å². The number of carboxylic acid groups (broad SMARTS) is 1. The van der Waals surface area contributed by atoms with Crippen molar-refractivity contribution in [2.45, 2.75) is 19.7 Å². The average Bonchev–Trinajstić information content (AvgIpc) is 2.17. The van der Waals surface area contributed by atoms with Crippen LogP contribution in [0.2, 0.25) is 0 Å². The molecule has 0 aliphatic heterocycles. The normalized spacial score (nSPS) is 11.7. The van der Waals surface area contributed by atoms with Crippen LogP contribution in [-0.4, -0.2) is 22.4 Å². The molecular weight excluding hydrogens is 265 g/mol. The van der Waals surface area contributed by atoms with Crippen molar-refractivity contribution >= 4 is 5.97 Å². The summed E-state index contributed by atoms with van der Waals surface area (Å²) in [4.78, 5) is 13.7. The van der Waals surface area contributed by atoms with Crippen LogP contribution < -0.4 is 4.74 Å². The molecule has 0 unspecified atom stereocenters. The Morgan fingerprint density at radius 1 is 1.44 bits per heavy atom. The first-order valence-electron chi connectivity index (χ1n) is 4.40. The highest BCUT2D eigenvalue weighted by atomic mass is 19.4. The van der Waals surface area contributed by atoms with Gasteiger partial charge in [-0.1, -0.05) is 0 Å². The van der Waals surface area contributed by atoms with Crippen molar-refractivity contribution in [3.05, 3.63) is 22.9 Å². The average molecular weight is 271 g/mol. The maximum atomic E-state index is 12.5. The van der Waals surface area contributed by atoms with Gasteiger partial charge in [-0.15, -0.1) is 13.2 Å². The first-order chi connectivity index (χ1) is 8.11. The number of nitrogens with zero attached hydrogens (tertiary/aromatic N) is 1. The number of alkyl halides is 5. The summed E-state index contributed by atoms with van der Waals surface area (Å²) in [5.74, 6) is -2.96. The number of hydrogen-bond donors (Lipinski definition) is 1. The Hall–Kier alpha value is -1.93. The largest absolute Gasteiger partial charge is 0.574 e. The highest BCUT2D eigenvalue weighted by Gasteiger charge is 2.33. The molecule has 0 aromatic carbocycles. The predicted molar refractivity (Wildman–Crippen MR) is 47.6 cm³/mol. The Morgan fingerprint density at radius 2 is 2.00 bits per heavy atom. The van der Waals surface area contributed by atoms with Crippen LogP contribution in [0.3, 0.4) is 0 Å². The van der Waals surface area contributed by atoms with Crippen molar-refractivity contribution < 1.29 is 36.6 Å². The first kappa shape index (κ1) is 14.1. The number of carboxylic acids is 1. The summed E-state index contributed by atoms with van der Waals surface area (Å²) in [6.07, 6.45) is -8.28. The molecule has 0 bridgehead atoms. The smallest absolute Gasteiger partial charge is 0.477 e. The number of aromatic nitrogens is 1. The number of halogens is 5. The molecule has 1 N–H and O–H groups in total. The monoisotopic (exact) mass is 271 g/mol. The number of carbonyl (C=O) groups is 1. The van der Waals surface area contributed by atoms with Crippen molar-refractivity contribution in [2.75, 3.05) is 0 Å². The molecule has 100 valence electrons. The Labute approximate surface area is 97.0 Å². The zero-order chi connectivity index (χ0) is 14.1. The SMILES string of the molecule is Cc1c(C(F)F)cc(OC(F)(F)F)nc1C(=O)O. The highest BCUT2D eigenvalue weighted by molar-refractivity contribution is 5.87. The van der Waals surface area contributed by atoms with Crippen molar-refractivity contribution in [3.63, 3.8) is 0 Å². The lowest BCUT2D eigenvalue weighted by Crippen LogP contribution is -2.19. The third-order valence-electron chi connectivity index (χ3n) is 1.95. The zero-order valence-corrected chi connectivity index (χ0v) is 8.76. The summed E-state index contributed by atoms with van der Waals surface area (Å²) in [5, 5.41) is 8.65. The summed E-state index contributed by atoms with van der Waals surface area (Å²) >= 11 is 0. The molecule has 9 heteroatoms. The van der Waals surface area contributed by atoms with Gasteiger partial charge in [-0.3, -0.25) is 0 Å². The fraction of sp³-hybridized carbons (Fsp3) is 0.333. The second kappa shape index (κ2) is 4.75. The van der Waals surface area contributed by atoms with Gasteiger partial charge in [-0.05, 0) is 12.5 Å². The lowest BCUT2D eigenvalue weighted by atomic mass is 10.1. The molecule has 1 aromatic heterocycles. The van der Waals surface area contributed by atoms with Gasteiger partial charge >= 0.3 is 12.3 Å². The molecule has 4 nitrogen and oxygen atoms in total. The van der Waals surface area contributed by atoms with Crippen LogP contribution in [0.1, 0.15) is 28.0 Å². The van der Waals surface area contributed by atoms with E-state index >= 15 is 0 Å². The minimum Gasteiger partial charge on any atom is -0.477 e. The van der Waals surface area contributed by atoms with Crippen LogP contribution in [0.15, 0.2) is 6.07 Å². The first-order valence-corrected chi connectivity index (χ1v) is 4.40. The van der Waals surface area contributed by atoms with Crippen LogP contribution in [-0.2, 0) is 0 Å². The Bertz CT molecular complexity index is 472. The van der Waals surface area contributed by atoms with Crippen LogP contribution in [0, 0.1) is 6.92 Å². The van der Waals surface area contributed by atoms with Gasteiger partial charge in [0.15, 0.2) is 5.69 Å². The Morgan fingerprint density at radius 3 is 2.39 bits per heavy atom. The van der Waals surface area contributed by atoms with E-state index in [9.17, 15) is 26.7 Å². The summed E-state index contributed by atoms with van der Waals surface area (Å²) in [7, 11) is 0. The van der Waals surface area contributed by atoms with Crippen LogP contribution in [0.4, 0.5) is 22.0 Å². The van der Waals surface area contributed by atoms with Gasteiger partial charge in [0.25, 0.3) is 6.43 Å².